The predicted molar refractivity (Wildman–Crippen MR) is 85.5 cm³/mol. The fraction of sp³-hybridized carbons (Fsp3) is 0.0714. The van der Waals surface area contributed by atoms with Crippen LogP contribution in [0.1, 0.15) is 15.9 Å². The van der Waals surface area contributed by atoms with Gasteiger partial charge in [0.05, 0.1) is 5.69 Å². The summed E-state index contributed by atoms with van der Waals surface area (Å²) in [6.07, 6.45) is 0. The van der Waals surface area contributed by atoms with Gasteiger partial charge in [0.25, 0.3) is 5.91 Å². The number of anilines is 1. The summed E-state index contributed by atoms with van der Waals surface area (Å²) >= 11 is 13.5. The maximum atomic E-state index is 12.2. The molecule has 2 aromatic rings. The van der Waals surface area contributed by atoms with Gasteiger partial charge in [0, 0.05) is 20.0 Å². The van der Waals surface area contributed by atoms with Gasteiger partial charge in [-0.25, -0.2) is 0 Å². The molecule has 5 heteroatoms. The zero-order valence-corrected chi connectivity index (χ0v) is 13.3. The largest absolute Gasteiger partial charge is 0.321 e. The molecule has 0 saturated carbocycles. The third-order valence-electron chi connectivity index (χ3n) is 2.65. The van der Waals surface area contributed by atoms with Gasteiger partial charge in [-0.2, -0.15) is 0 Å². The van der Waals surface area contributed by atoms with Crippen molar-refractivity contribution in [2.45, 2.75) is 11.8 Å². The molecule has 0 fully saturated rings. The van der Waals surface area contributed by atoms with Gasteiger partial charge in [0.2, 0.25) is 0 Å². The van der Waals surface area contributed by atoms with E-state index in [4.69, 9.17) is 11.6 Å². The lowest BCUT2D eigenvalue weighted by Gasteiger charge is -2.10. The Morgan fingerprint density at radius 1 is 1.26 bits per heavy atom. The molecule has 98 valence electrons. The van der Waals surface area contributed by atoms with E-state index in [1.54, 1.807) is 24.3 Å². The van der Waals surface area contributed by atoms with Crippen LogP contribution in [0.4, 0.5) is 5.69 Å². The summed E-state index contributed by atoms with van der Waals surface area (Å²) in [7, 11) is 0. The Hall–Kier alpha value is -0.970. The highest BCUT2D eigenvalue weighted by Gasteiger charge is 2.11. The van der Waals surface area contributed by atoms with Crippen LogP contribution in [0.2, 0.25) is 5.02 Å². The molecule has 0 unspecified atom stereocenters. The van der Waals surface area contributed by atoms with Crippen molar-refractivity contribution in [1.82, 2.24) is 0 Å². The highest BCUT2D eigenvalue weighted by atomic mass is 79.9. The smallest absolute Gasteiger partial charge is 0.255 e. The standard InChI is InChI=1S/C14H11BrClNOS/c1-8-2-4-10(19)7-11(8)14(18)17-13-5-3-9(16)6-12(13)15/h2-7,19H,1H3,(H,17,18). The molecule has 0 aliphatic carbocycles. The second kappa shape index (κ2) is 5.99. The van der Waals surface area contributed by atoms with Crippen LogP contribution in [0.15, 0.2) is 45.8 Å². The first kappa shape index (κ1) is 14.4. The van der Waals surface area contributed by atoms with E-state index in [1.807, 2.05) is 19.1 Å². The van der Waals surface area contributed by atoms with E-state index in [1.165, 1.54) is 0 Å². The summed E-state index contributed by atoms with van der Waals surface area (Å²) in [6.45, 7) is 1.89. The molecule has 0 spiro atoms. The molecule has 0 atom stereocenters. The van der Waals surface area contributed by atoms with Gasteiger partial charge in [-0.3, -0.25) is 4.79 Å². The zero-order valence-electron chi connectivity index (χ0n) is 10.1. The van der Waals surface area contributed by atoms with Crippen LogP contribution in [0, 0.1) is 6.92 Å². The zero-order chi connectivity index (χ0) is 14.0. The number of rotatable bonds is 2. The van der Waals surface area contributed by atoms with Gasteiger partial charge in [-0.15, -0.1) is 12.6 Å². The monoisotopic (exact) mass is 355 g/mol. The van der Waals surface area contributed by atoms with Gasteiger partial charge < -0.3 is 5.32 Å². The van der Waals surface area contributed by atoms with Crippen molar-refractivity contribution in [3.05, 3.63) is 57.0 Å². The van der Waals surface area contributed by atoms with Crippen molar-refractivity contribution in [2.75, 3.05) is 5.32 Å². The van der Waals surface area contributed by atoms with E-state index in [-0.39, 0.29) is 5.91 Å². The number of aryl methyl sites for hydroxylation is 1. The maximum absolute atomic E-state index is 12.2. The van der Waals surface area contributed by atoms with Crippen LogP contribution in [0.5, 0.6) is 0 Å². The lowest BCUT2D eigenvalue weighted by molar-refractivity contribution is 0.102. The van der Waals surface area contributed by atoms with Crippen molar-refractivity contribution in [1.29, 1.82) is 0 Å². The Morgan fingerprint density at radius 2 is 2.00 bits per heavy atom. The fourth-order valence-corrected chi connectivity index (χ4v) is 2.62. The lowest BCUT2D eigenvalue weighted by Crippen LogP contribution is -2.13. The molecule has 0 bridgehead atoms. The van der Waals surface area contributed by atoms with Gasteiger partial charge >= 0.3 is 0 Å². The fourth-order valence-electron chi connectivity index (χ4n) is 1.64. The molecule has 0 aromatic heterocycles. The molecule has 0 radical (unpaired) electrons. The highest BCUT2D eigenvalue weighted by Crippen LogP contribution is 2.26. The van der Waals surface area contributed by atoms with Crippen molar-refractivity contribution in [2.24, 2.45) is 0 Å². The van der Waals surface area contributed by atoms with E-state index in [2.05, 4.69) is 33.9 Å². The molecule has 2 aromatic carbocycles. The number of thiol groups is 1. The van der Waals surface area contributed by atoms with Crippen LogP contribution in [0.25, 0.3) is 0 Å². The molecule has 1 amide bonds. The summed E-state index contributed by atoms with van der Waals surface area (Å²) in [5.41, 5.74) is 2.19. The number of halogens is 2. The van der Waals surface area contributed by atoms with Crippen molar-refractivity contribution in [3.63, 3.8) is 0 Å². The Morgan fingerprint density at radius 3 is 2.68 bits per heavy atom. The Bertz CT molecular complexity index is 645. The average molecular weight is 357 g/mol. The normalized spacial score (nSPS) is 10.3. The Labute approximate surface area is 130 Å². The third-order valence-corrected chi connectivity index (χ3v) is 3.81. The van der Waals surface area contributed by atoms with Crippen LogP contribution in [-0.2, 0) is 0 Å². The summed E-state index contributed by atoms with van der Waals surface area (Å²) in [5.74, 6) is -0.170. The quantitative estimate of drug-likeness (QED) is 0.732. The van der Waals surface area contributed by atoms with Crippen LogP contribution in [0.3, 0.4) is 0 Å². The highest BCUT2D eigenvalue weighted by molar-refractivity contribution is 9.10. The number of hydrogen-bond acceptors (Lipinski definition) is 2. The van der Waals surface area contributed by atoms with E-state index in [0.717, 1.165) is 14.9 Å². The minimum Gasteiger partial charge on any atom is -0.321 e. The minimum atomic E-state index is -0.170. The molecule has 0 saturated heterocycles. The maximum Gasteiger partial charge on any atom is 0.255 e. The minimum absolute atomic E-state index is 0.170. The number of nitrogens with one attached hydrogen (secondary N) is 1. The van der Waals surface area contributed by atoms with Gasteiger partial charge in [0.1, 0.15) is 0 Å². The van der Waals surface area contributed by atoms with Crippen LogP contribution in [-0.4, -0.2) is 5.91 Å². The second-order valence-electron chi connectivity index (χ2n) is 4.08. The molecule has 0 aliphatic rings. The van der Waals surface area contributed by atoms with E-state index in [0.29, 0.717) is 16.3 Å². The van der Waals surface area contributed by atoms with Gasteiger partial charge in [-0.1, -0.05) is 17.7 Å². The number of amides is 1. The van der Waals surface area contributed by atoms with Gasteiger partial charge in [0.15, 0.2) is 0 Å². The summed E-state index contributed by atoms with van der Waals surface area (Å²) in [6, 6.07) is 10.7. The predicted octanol–water partition coefficient (Wildman–Crippen LogP) is 4.95. The average Bonchev–Trinajstić information content (AvgIpc) is 2.35. The summed E-state index contributed by atoms with van der Waals surface area (Å²) < 4.78 is 0.744. The first-order valence-electron chi connectivity index (χ1n) is 5.53. The van der Waals surface area contributed by atoms with E-state index >= 15 is 0 Å². The molecule has 0 heterocycles. The van der Waals surface area contributed by atoms with Crippen molar-refractivity contribution in [3.8, 4) is 0 Å². The number of carbonyl (C=O) groups excluding carboxylic acids is 1. The lowest BCUT2D eigenvalue weighted by atomic mass is 10.1. The summed E-state index contributed by atoms with van der Waals surface area (Å²) in [5, 5.41) is 3.45. The topological polar surface area (TPSA) is 29.1 Å². The summed E-state index contributed by atoms with van der Waals surface area (Å²) in [4.78, 5) is 13.0. The molecule has 2 nitrogen and oxygen atoms in total. The van der Waals surface area contributed by atoms with E-state index < -0.39 is 0 Å². The molecular weight excluding hydrogens is 346 g/mol. The first-order valence-corrected chi connectivity index (χ1v) is 7.15. The van der Waals surface area contributed by atoms with Crippen molar-refractivity contribution < 1.29 is 4.79 Å². The van der Waals surface area contributed by atoms with E-state index in [9.17, 15) is 4.79 Å². The van der Waals surface area contributed by atoms with Gasteiger partial charge in [-0.05, 0) is 58.7 Å². The number of benzene rings is 2. The molecular formula is C14H11BrClNOS. The molecule has 1 N–H and O–H groups in total. The number of carbonyl (C=O) groups is 1. The second-order valence-corrected chi connectivity index (χ2v) is 5.88. The number of hydrogen-bond donors (Lipinski definition) is 2. The van der Waals surface area contributed by atoms with Crippen LogP contribution < -0.4 is 5.32 Å². The first-order chi connectivity index (χ1) is 8.97. The van der Waals surface area contributed by atoms with Crippen molar-refractivity contribution >= 4 is 51.8 Å². The molecule has 0 aliphatic heterocycles. The Kier molecular flexibility index (Phi) is 4.55. The SMILES string of the molecule is Cc1ccc(S)cc1C(=O)Nc1ccc(Cl)cc1Br. The third kappa shape index (κ3) is 3.53. The molecule has 2 rings (SSSR count). The Balaban J connectivity index is 2.28. The van der Waals surface area contributed by atoms with Crippen LogP contribution >= 0.6 is 40.2 Å². The molecule has 19 heavy (non-hydrogen) atoms.